The first-order chi connectivity index (χ1) is 12.0. The Labute approximate surface area is 145 Å². The van der Waals surface area contributed by atoms with Crippen molar-refractivity contribution >= 4 is 10.0 Å². The van der Waals surface area contributed by atoms with Crippen molar-refractivity contribution < 1.29 is 12.8 Å². The third-order valence-electron chi connectivity index (χ3n) is 4.28. The van der Waals surface area contributed by atoms with Crippen molar-refractivity contribution in [1.82, 2.24) is 14.1 Å². The van der Waals surface area contributed by atoms with E-state index in [2.05, 4.69) is 5.10 Å². The summed E-state index contributed by atoms with van der Waals surface area (Å²) in [6.45, 7) is 1.07. The Morgan fingerprint density at radius 3 is 2.40 bits per heavy atom. The van der Waals surface area contributed by atoms with Crippen LogP contribution >= 0.6 is 0 Å². The van der Waals surface area contributed by atoms with Gasteiger partial charge in [-0.05, 0) is 31.3 Å². The molecule has 4 rings (SSSR count). The molecule has 5 nitrogen and oxygen atoms in total. The summed E-state index contributed by atoms with van der Waals surface area (Å²) in [4.78, 5) is 2.14. The molecular weight excluding hydrogens is 341 g/mol. The predicted molar refractivity (Wildman–Crippen MR) is 91.8 cm³/mol. The molecule has 1 aliphatic heterocycles. The molecule has 25 heavy (non-hydrogen) atoms. The van der Waals surface area contributed by atoms with E-state index in [1.165, 1.54) is 18.2 Å². The van der Waals surface area contributed by atoms with E-state index in [9.17, 15) is 12.8 Å². The van der Waals surface area contributed by atoms with Gasteiger partial charge in [-0.25, -0.2) is 4.39 Å². The Balaban J connectivity index is 1.99. The Bertz CT molecular complexity index is 1050. The number of rotatable bonds is 3. The minimum absolute atomic E-state index is 0.127. The van der Waals surface area contributed by atoms with Crippen LogP contribution in [0.15, 0.2) is 59.5 Å². The maximum atomic E-state index is 14.4. The van der Waals surface area contributed by atoms with Crippen LogP contribution in [-0.4, -0.2) is 29.6 Å². The molecule has 0 fully saturated rings. The van der Waals surface area contributed by atoms with Crippen molar-refractivity contribution in [3.63, 3.8) is 0 Å². The molecule has 7 heteroatoms. The SMILES string of the molecule is CN1Cc2nn(S(=O)(=O)c3ccccc3)c(-c3ccccc3F)c2C1. The molecule has 0 amide bonds. The highest BCUT2D eigenvalue weighted by molar-refractivity contribution is 7.90. The minimum Gasteiger partial charge on any atom is -0.296 e. The van der Waals surface area contributed by atoms with Crippen LogP contribution in [-0.2, 0) is 23.1 Å². The van der Waals surface area contributed by atoms with Crippen molar-refractivity contribution in [1.29, 1.82) is 0 Å². The lowest BCUT2D eigenvalue weighted by Crippen LogP contribution is -2.19. The van der Waals surface area contributed by atoms with Gasteiger partial charge in [0.15, 0.2) is 0 Å². The molecule has 2 heterocycles. The average molecular weight is 357 g/mol. The number of fused-ring (bicyclic) bond motifs is 1. The lowest BCUT2D eigenvalue weighted by molar-refractivity contribution is 0.348. The Morgan fingerprint density at radius 2 is 1.68 bits per heavy atom. The van der Waals surface area contributed by atoms with Crippen LogP contribution in [0, 0.1) is 5.82 Å². The minimum atomic E-state index is -3.91. The summed E-state index contributed by atoms with van der Waals surface area (Å²) in [7, 11) is -1.99. The Hall–Kier alpha value is -2.51. The molecule has 0 spiro atoms. The summed E-state index contributed by atoms with van der Waals surface area (Å²) in [5.74, 6) is -0.468. The maximum absolute atomic E-state index is 14.4. The predicted octanol–water partition coefficient (Wildman–Crippen LogP) is 2.87. The molecule has 0 saturated heterocycles. The summed E-state index contributed by atoms with van der Waals surface area (Å²) in [6, 6.07) is 14.3. The molecule has 0 bridgehead atoms. The fourth-order valence-electron chi connectivity index (χ4n) is 3.13. The van der Waals surface area contributed by atoms with E-state index in [4.69, 9.17) is 0 Å². The highest BCUT2D eigenvalue weighted by Crippen LogP contribution is 2.35. The van der Waals surface area contributed by atoms with Crippen molar-refractivity contribution in [2.75, 3.05) is 7.05 Å². The molecular formula is C18H16FN3O2S. The summed E-state index contributed by atoms with van der Waals surface area (Å²) in [5.41, 5.74) is 1.97. The standard InChI is InChI=1S/C18H16FN3O2S/c1-21-11-15-17(12-21)20-22(18(15)14-9-5-6-10-16(14)19)25(23,24)13-7-3-2-4-8-13/h2-10H,11-12H2,1H3. The van der Waals surface area contributed by atoms with Gasteiger partial charge in [-0.3, -0.25) is 4.90 Å². The van der Waals surface area contributed by atoms with Crippen LogP contribution < -0.4 is 0 Å². The number of aromatic nitrogens is 2. The Morgan fingerprint density at radius 1 is 1.00 bits per heavy atom. The molecule has 0 aliphatic carbocycles. The molecule has 0 saturated carbocycles. The molecule has 0 radical (unpaired) electrons. The van der Waals surface area contributed by atoms with Gasteiger partial charge in [0.25, 0.3) is 10.0 Å². The summed E-state index contributed by atoms with van der Waals surface area (Å²) in [6.07, 6.45) is 0. The zero-order valence-corrected chi connectivity index (χ0v) is 14.4. The lowest BCUT2D eigenvalue weighted by Gasteiger charge is -2.13. The van der Waals surface area contributed by atoms with Crippen molar-refractivity contribution in [2.45, 2.75) is 18.0 Å². The topological polar surface area (TPSA) is 55.2 Å². The number of nitrogens with zero attached hydrogens (tertiary/aromatic N) is 3. The number of hydrogen-bond donors (Lipinski definition) is 0. The van der Waals surface area contributed by atoms with Crippen LogP contribution in [0.5, 0.6) is 0 Å². The van der Waals surface area contributed by atoms with E-state index < -0.39 is 15.8 Å². The molecule has 2 aromatic carbocycles. The molecule has 0 atom stereocenters. The van der Waals surface area contributed by atoms with E-state index in [-0.39, 0.29) is 10.5 Å². The van der Waals surface area contributed by atoms with Crippen LogP contribution in [0.2, 0.25) is 0 Å². The smallest absolute Gasteiger partial charge is 0.283 e. The van der Waals surface area contributed by atoms with Gasteiger partial charge >= 0.3 is 0 Å². The van der Waals surface area contributed by atoms with Gasteiger partial charge in [-0.2, -0.15) is 17.6 Å². The quantitative estimate of drug-likeness (QED) is 0.723. The van der Waals surface area contributed by atoms with Crippen molar-refractivity contribution in [3.05, 3.63) is 71.7 Å². The van der Waals surface area contributed by atoms with E-state index in [0.29, 0.717) is 24.5 Å². The molecule has 1 aromatic heterocycles. The molecule has 3 aromatic rings. The van der Waals surface area contributed by atoms with Crippen molar-refractivity contribution in [3.8, 4) is 11.3 Å². The van der Waals surface area contributed by atoms with E-state index in [0.717, 1.165) is 9.65 Å². The third-order valence-corrected chi connectivity index (χ3v) is 5.87. The van der Waals surface area contributed by atoms with Gasteiger partial charge < -0.3 is 0 Å². The van der Waals surface area contributed by atoms with Gasteiger partial charge in [0.05, 0.1) is 16.3 Å². The zero-order chi connectivity index (χ0) is 17.6. The molecule has 128 valence electrons. The lowest BCUT2D eigenvalue weighted by atomic mass is 10.1. The number of benzene rings is 2. The third kappa shape index (κ3) is 2.56. The summed E-state index contributed by atoms with van der Waals surface area (Å²) < 4.78 is 41.6. The van der Waals surface area contributed by atoms with Crippen LogP contribution in [0.3, 0.4) is 0 Å². The average Bonchev–Trinajstić information content (AvgIpc) is 3.13. The van der Waals surface area contributed by atoms with Gasteiger partial charge in [-0.15, -0.1) is 0 Å². The monoisotopic (exact) mass is 357 g/mol. The van der Waals surface area contributed by atoms with Crippen LogP contribution in [0.4, 0.5) is 4.39 Å². The highest BCUT2D eigenvalue weighted by Gasteiger charge is 2.32. The van der Waals surface area contributed by atoms with Crippen LogP contribution in [0.25, 0.3) is 11.3 Å². The summed E-state index contributed by atoms with van der Waals surface area (Å²) >= 11 is 0. The Kier molecular flexibility index (Phi) is 3.70. The zero-order valence-electron chi connectivity index (χ0n) is 13.6. The highest BCUT2D eigenvalue weighted by atomic mass is 32.2. The van der Waals surface area contributed by atoms with Crippen LogP contribution in [0.1, 0.15) is 11.3 Å². The van der Waals surface area contributed by atoms with Gasteiger partial charge in [-0.1, -0.05) is 30.3 Å². The molecule has 0 unspecified atom stereocenters. The van der Waals surface area contributed by atoms with Gasteiger partial charge in [0.2, 0.25) is 0 Å². The first-order valence-corrected chi connectivity index (χ1v) is 9.27. The fraction of sp³-hybridized carbons (Fsp3) is 0.167. The van der Waals surface area contributed by atoms with Gasteiger partial charge in [0.1, 0.15) is 5.82 Å². The second kappa shape index (κ2) is 5.79. The maximum Gasteiger partial charge on any atom is 0.283 e. The molecule has 0 N–H and O–H groups in total. The largest absolute Gasteiger partial charge is 0.296 e. The summed E-state index contributed by atoms with van der Waals surface area (Å²) in [5, 5.41) is 4.33. The normalized spacial score (nSPS) is 14.6. The number of halogens is 1. The van der Waals surface area contributed by atoms with Crippen molar-refractivity contribution in [2.24, 2.45) is 0 Å². The fourth-order valence-corrected chi connectivity index (χ4v) is 4.49. The first kappa shape index (κ1) is 16.0. The second-order valence-corrected chi connectivity index (χ2v) is 7.85. The first-order valence-electron chi connectivity index (χ1n) is 7.83. The van der Waals surface area contributed by atoms with E-state index in [1.54, 1.807) is 36.4 Å². The van der Waals surface area contributed by atoms with E-state index in [1.807, 2.05) is 11.9 Å². The van der Waals surface area contributed by atoms with E-state index >= 15 is 0 Å². The van der Waals surface area contributed by atoms with Gasteiger partial charge in [0, 0.05) is 24.2 Å². The second-order valence-electron chi connectivity index (χ2n) is 6.09. The molecule has 1 aliphatic rings. The number of hydrogen-bond acceptors (Lipinski definition) is 4.